The Bertz CT molecular complexity index is 414. The number of ether oxygens (including phenoxy) is 3. The Morgan fingerprint density at radius 2 is 2.00 bits per heavy atom. The first-order chi connectivity index (χ1) is 8.08. The van der Waals surface area contributed by atoms with E-state index in [4.69, 9.17) is 14.2 Å². The lowest BCUT2D eigenvalue weighted by molar-refractivity contribution is -0.0477. The third kappa shape index (κ3) is 1.98. The molecule has 0 unspecified atom stereocenters. The van der Waals surface area contributed by atoms with Gasteiger partial charge in [0, 0.05) is 11.6 Å². The summed E-state index contributed by atoms with van der Waals surface area (Å²) in [7, 11) is 3.23. The lowest BCUT2D eigenvalue weighted by atomic mass is 9.98. The normalized spacial score (nSPS) is 24.3. The van der Waals surface area contributed by atoms with E-state index in [2.05, 4.69) is 0 Å². The molecule has 2 rings (SSSR count). The van der Waals surface area contributed by atoms with Crippen LogP contribution < -0.4 is 9.47 Å². The van der Waals surface area contributed by atoms with Crippen LogP contribution in [0.15, 0.2) is 12.1 Å². The summed E-state index contributed by atoms with van der Waals surface area (Å²) < 4.78 is 16.3. The van der Waals surface area contributed by atoms with Crippen LogP contribution in [0.2, 0.25) is 0 Å². The first-order valence-electron chi connectivity index (χ1n) is 5.67. The van der Waals surface area contributed by atoms with Crippen LogP contribution in [-0.2, 0) is 4.74 Å². The van der Waals surface area contributed by atoms with Gasteiger partial charge in [0.2, 0.25) is 0 Å². The fourth-order valence-electron chi connectivity index (χ4n) is 2.31. The van der Waals surface area contributed by atoms with E-state index >= 15 is 0 Å². The van der Waals surface area contributed by atoms with Crippen molar-refractivity contribution in [2.75, 3.05) is 14.2 Å². The summed E-state index contributed by atoms with van der Waals surface area (Å²) in [5.41, 5.74) is 1.95. The van der Waals surface area contributed by atoms with Gasteiger partial charge in [-0.25, -0.2) is 0 Å². The number of aliphatic hydroxyl groups is 1. The Labute approximate surface area is 101 Å². The molecule has 1 aliphatic rings. The molecule has 1 N–H and O–H groups in total. The Kier molecular flexibility index (Phi) is 3.26. The highest BCUT2D eigenvalue weighted by molar-refractivity contribution is 5.50. The Morgan fingerprint density at radius 3 is 2.53 bits per heavy atom. The van der Waals surface area contributed by atoms with Gasteiger partial charge in [-0.15, -0.1) is 0 Å². The fraction of sp³-hybridized carbons (Fsp3) is 0.538. The van der Waals surface area contributed by atoms with Crippen LogP contribution in [0.3, 0.4) is 0 Å². The lowest BCUT2D eigenvalue weighted by Crippen LogP contribution is -2.13. The number of hydrogen-bond donors (Lipinski definition) is 1. The number of fused-ring (bicyclic) bond motifs is 1. The predicted molar refractivity (Wildman–Crippen MR) is 63.5 cm³/mol. The van der Waals surface area contributed by atoms with Crippen LogP contribution >= 0.6 is 0 Å². The molecule has 0 radical (unpaired) electrons. The standard InChI is InChI=1S/C13H18O4/c1-7(14)13-10-5-9(15-3)6-11(16-4)12(10)8(2)17-13/h5-8,13-14H,1-4H3/t7-,8+,13-/m1/s1. The molecule has 1 aliphatic heterocycles. The summed E-state index contributed by atoms with van der Waals surface area (Å²) in [6, 6.07) is 3.74. The van der Waals surface area contributed by atoms with E-state index in [1.54, 1.807) is 21.1 Å². The van der Waals surface area contributed by atoms with E-state index in [1.807, 2.05) is 19.1 Å². The first-order valence-corrected chi connectivity index (χ1v) is 5.67. The van der Waals surface area contributed by atoms with Crippen LogP contribution in [0.4, 0.5) is 0 Å². The van der Waals surface area contributed by atoms with Crippen LogP contribution in [0.1, 0.15) is 37.2 Å². The van der Waals surface area contributed by atoms with Crippen molar-refractivity contribution in [1.29, 1.82) is 0 Å². The second-order valence-corrected chi connectivity index (χ2v) is 4.27. The van der Waals surface area contributed by atoms with Crippen molar-refractivity contribution in [3.05, 3.63) is 23.3 Å². The van der Waals surface area contributed by atoms with Crippen molar-refractivity contribution in [1.82, 2.24) is 0 Å². The Morgan fingerprint density at radius 1 is 1.29 bits per heavy atom. The second kappa shape index (κ2) is 4.55. The number of rotatable bonds is 3. The molecule has 0 aliphatic carbocycles. The maximum atomic E-state index is 9.74. The molecular formula is C13H18O4. The lowest BCUT2D eigenvalue weighted by Gasteiger charge is -2.15. The van der Waals surface area contributed by atoms with Crippen LogP contribution in [-0.4, -0.2) is 25.4 Å². The highest BCUT2D eigenvalue weighted by Gasteiger charge is 2.35. The molecule has 0 spiro atoms. The van der Waals surface area contributed by atoms with Gasteiger partial charge in [-0.2, -0.15) is 0 Å². The number of hydrogen-bond acceptors (Lipinski definition) is 4. The van der Waals surface area contributed by atoms with Gasteiger partial charge < -0.3 is 19.3 Å². The van der Waals surface area contributed by atoms with Gasteiger partial charge in [0.05, 0.1) is 26.4 Å². The van der Waals surface area contributed by atoms with Crippen molar-refractivity contribution >= 4 is 0 Å². The summed E-state index contributed by atoms with van der Waals surface area (Å²) in [5, 5.41) is 9.74. The molecule has 0 aromatic heterocycles. The SMILES string of the molecule is COc1cc(OC)c2c(c1)[C@@H]([C@@H](C)O)O[C@H]2C. The Hall–Kier alpha value is -1.26. The van der Waals surface area contributed by atoms with Gasteiger partial charge in [-0.05, 0) is 25.5 Å². The van der Waals surface area contributed by atoms with Gasteiger partial charge >= 0.3 is 0 Å². The summed E-state index contributed by atoms with van der Waals surface area (Å²) in [5.74, 6) is 1.46. The van der Waals surface area contributed by atoms with E-state index in [0.29, 0.717) is 5.75 Å². The van der Waals surface area contributed by atoms with E-state index in [1.165, 1.54) is 0 Å². The molecular weight excluding hydrogens is 220 g/mol. The molecule has 0 saturated carbocycles. The molecule has 1 heterocycles. The maximum Gasteiger partial charge on any atom is 0.128 e. The second-order valence-electron chi connectivity index (χ2n) is 4.27. The van der Waals surface area contributed by atoms with Crippen molar-refractivity contribution in [3.8, 4) is 11.5 Å². The van der Waals surface area contributed by atoms with Crippen molar-refractivity contribution in [2.45, 2.75) is 32.2 Å². The molecule has 17 heavy (non-hydrogen) atoms. The van der Waals surface area contributed by atoms with Gasteiger partial charge in [-0.1, -0.05) is 0 Å². The van der Waals surface area contributed by atoms with Gasteiger partial charge in [0.1, 0.15) is 17.6 Å². The monoisotopic (exact) mass is 238 g/mol. The summed E-state index contributed by atoms with van der Waals surface area (Å²) in [6.07, 6.45) is -0.954. The Balaban J connectivity index is 2.55. The van der Waals surface area contributed by atoms with E-state index in [0.717, 1.165) is 16.9 Å². The van der Waals surface area contributed by atoms with Crippen molar-refractivity contribution < 1.29 is 19.3 Å². The minimum atomic E-state index is -0.560. The summed E-state index contributed by atoms with van der Waals surface area (Å²) >= 11 is 0. The van der Waals surface area contributed by atoms with Crippen LogP contribution in [0.25, 0.3) is 0 Å². The zero-order valence-corrected chi connectivity index (χ0v) is 10.6. The predicted octanol–water partition coefficient (Wildman–Crippen LogP) is 2.22. The molecule has 0 bridgehead atoms. The average Bonchev–Trinajstić information content (AvgIpc) is 2.66. The molecule has 0 amide bonds. The zero-order chi connectivity index (χ0) is 12.6. The molecule has 1 aromatic carbocycles. The summed E-state index contributed by atoms with van der Waals surface area (Å²) in [4.78, 5) is 0. The van der Waals surface area contributed by atoms with Crippen LogP contribution in [0.5, 0.6) is 11.5 Å². The maximum absolute atomic E-state index is 9.74. The molecule has 0 fully saturated rings. The van der Waals surface area contributed by atoms with E-state index in [-0.39, 0.29) is 12.2 Å². The average molecular weight is 238 g/mol. The van der Waals surface area contributed by atoms with Crippen molar-refractivity contribution in [2.24, 2.45) is 0 Å². The number of benzene rings is 1. The molecule has 4 heteroatoms. The number of methoxy groups -OCH3 is 2. The molecule has 3 atom stereocenters. The minimum absolute atomic E-state index is 0.0783. The van der Waals surface area contributed by atoms with E-state index in [9.17, 15) is 5.11 Å². The quantitative estimate of drug-likeness (QED) is 0.877. The first kappa shape index (κ1) is 12.2. The highest BCUT2D eigenvalue weighted by Crippen LogP contribution is 2.46. The third-order valence-corrected chi connectivity index (χ3v) is 3.11. The molecule has 94 valence electrons. The van der Waals surface area contributed by atoms with Gasteiger partial charge in [-0.3, -0.25) is 0 Å². The third-order valence-electron chi connectivity index (χ3n) is 3.11. The fourth-order valence-corrected chi connectivity index (χ4v) is 2.31. The molecule has 4 nitrogen and oxygen atoms in total. The largest absolute Gasteiger partial charge is 0.497 e. The zero-order valence-electron chi connectivity index (χ0n) is 10.6. The molecule has 0 saturated heterocycles. The van der Waals surface area contributed by atoms with Gasteiger partial charge in [0.15, 0.2) is 0 Å². The topological polar surface area (TPSA) is 47.9 Å². The highest BCUT2D eigenvalue weighted by atomic mass is 16.5. The summed E-state index contributed by atoms with van der Waals surface area (Å²) in [6.45, 7) is 3.68. The van der Waals surface area contributed by atoms with Crippen LogP contribution in [0, 0.1) is 0 Å². The molecule has 1 aromatic rings. The van der Waals surface area contributed by atoms with E-state index < -0.39 is 6.10 Å². The van der Waals surface area contributed by atoms with Gasteiger partial charge in [0.25, 0.3) is 0 Å². The van der Waals surface area contributed by atoms with Crippen molar-refractivity contribution in [3.63, 3.8) is 0 Å². The minimum Gasteiger partial charge on any atom is -0.497 e. The smallest absolute Gasteiger partial charge is 0.128 e. The number of aliphatic hydroxyl groups excluding tert-OH is 1.